The Morgan fingerprint density at radius 3 is 2.29 bits per heavy atom. The van der Waals surface area contributed by atoms with Gasteiger partial charge in [-0.15, -0.1) is 11.3 Å². The summed E-state index contributed by atoms with van der Waals surface area (Å²) in [5.41, 5.74) is 0.733. The number of nitrogens with zero attached hydrogens (tertiary/aromatic N) is 2. The van der Waals surface area contributed by atoms with Crippen molar-refractivity contribution in [1.29, 1.82) is 0 Å². The second-order valence-electron chi connectivity index (χ2n) is 9.72. The predicted molar refractivity (Wildman–Crippen MR) is 168 cm³/mol. The van der Waals surface area contributed by atoms with E-state index in [9.17, 15) is 17.2 Å². The monoisotopic (exact) mass is 637 g/mol. The van der Waals surface area contributed by atoms with Crippen LogP contribution in [0, 0.1) is 17.5 Å². The van der Waals surface area contributed by atoms with Crippen molar-refractivity contribution < 1.29 is 21.6 Å². The Morgan fingerprint density at radius 2 is 1.69 bits per heavy atom. The molecule has 0 saturated carbocycles. The molecule has 1 heterocycles. The number of hydrogen-bond acceptors (Lipinski definition) is 5. The third-order valence-electron chi connectivity index (χ3n) is 6.37. The number of aliphatic imine (C=N–C) groups is 1. The van der Waals surface area contributed by atoms with Crippen LogP contribution >= 0.6 is 22.9 Å². The minimum Gasteiger partial charge on any atom is -0.276 e. The number of aromatic nitrogens is 1. The fourth-order valence-corrected chi connectivity index (χ4v) is 6.99. The number of nitrogens with one attached hydrogen (secondary N) is 1. The van der Waals surface area contributed by atoms with Crippen LogP contribution in [0.15, 0.2) is 64.6 Å². The van der Waals surface area contributed by atoms with E-state index in [1.807, 2.05) is 17.7 Å². The maximum atomic E-state index is 16.1. The first-order chi connectivity index (χ1) is 20.0. The normalized spacial score (nSPS) is 13.0. The fraction of sp³-hybridized carbons (Fsp3) is 0.355. The van der Waals surface area contributed by atoms with E-state index in [1.165, 1.54) is 29.5 Å². The molecule has 1 aromatic heterocycles. The SMILES string of the molecule is CCC/C=C(/C=C\N=C(C)Cl)c1sc(C(CCC)CCC)nc1-c1cccc(NS(=O)(=O)c2c(F)cccc2F)c1F. The van der Waals surface area contributed by atoms with E-state index in [4.69, 9.17) is 16.6 Å². The van der Waals surface area contributed by atoms with E-state index in [0.29, 0.717) is 15.7 Å². The minimum atomic E-state index is -4.79. The molecule has 226 valence electrons. The molecule has 42 heavy (non-hydrogen) atoms. The molecule has 3 rings (SSSR count). The van der Waals surface area contributed by atoms with Crippen LogP contribution in [0.5, 0.6) is 0 Å². The summed E-state index contributed by atoms with van der Waals surface area (Å²) < 4.78 is 72.6. The Hall–Kier alpha value is -2.95. The van der Waals surface area contributed by atoms with Gasteiger partial charge in [0.25, 0.3) is 10.0 Å². The van der Waals surface area contributed by atoms with Crippen LogP contribution in [-0.4, -0.2) is 18.6 Å². The molecule has 0 atom stereocenters. The van der Waals surface area contributed by atoms with Gasteiger partial charge in [0.2, 0.25) is 0 Å². The summed E-state index contributed by atoms with van der Waals surface area (Å²) in [6.45, 7) is 7.91. The summed E-state index contributed by atoms with van der Waals surface area (Å²) >= 11 is 7.40. The van der Waals surface area contributed by atoms with Gasteiger partial charge < -0.3 is 0 Å². The molecule has 0 bridgehead atoms. The highest BCUT2D eigenvalue weighted by molar-refractivity contribution is 7.92. The van der Waals surface area contributed by atoms with Crippen molar-refractivity contribution >= 4 is 49.4 Å². The van der Waals surface area contributed by atoms with Gasteiger partial charge in [0.1, 0.15) is 16.8 Å². The molecule has 0 spiro atoms. The summed E-state index contributed by atoms with van der Waals surface area (Å²) in [4.78, 5) is 8.59. The van der Waals surface area contributed by atoms with Crippen LogP contribution in [0.25, 0.3) is 16.8 Å². The standard InChI is InChI=1S/C31H35ClF3N3O2S2/c1-5-8-13-21(18-19-36-20(4)32)29-28(37-31(41-29)22(11-6-2)12-7-3)23-14-9-17-26(27(23)35)38-42(39,40)30-24(33)15-10-16-25(30)34/h9-10,13-19,22,38H,5-8,11-12H2,1-4H3/b19-18-,21-13-,36-20?. The molecule has 0 aliphatic heterocycles. The molecule has 0 saturated heterocycles. The van der Waals surface area contributed by atoms with Crippen LogP contribution < -0.4 is 4.72 Å². The number of hydrogen-bond donors (Lipinski definition) is 1. The Kier molecular flexibility index (Phi) is 12.4. The summed E-state index contributed by atoms with van der Waals surface area (Å²) in [5.74, 6) is -3.30. The number of thiazole rings is 1. The summed E-state index contributed by atoms with van der Waals surface area (Å²) in [5, 5.41) is 1.21. The zero-order valence-corrected chi connectivity index (χ0v) is 26.4. The Morgan fingerprint density at radius 1 is 1.05 bits per heavy atom. The smallest absolute Gasteiger partial charge is 0.267 e. The molecule has 0 unspecified atom stereocenters. The van der Waals surface area contributed by atoms with Gasteiger partial charge in [0.15, 0.2) is 10.7 Å². The van der Waals surface area contributed by atoms with Gasteiger partial charge in [-0.25, -0.2) is 31.6 Å². The van der Waals surface area contributed by atoms with Crippen molar-refractivity contribution in [2.24, 2.45) is 4.99 Å². The van der Waals surface area contributed by atoms with Crippen molar-refractivity contribution in [3.05, 3.63) is 82.1 Å². The van der Waals surface area contributed by atoms with Crippen LogP contribution in [0.2, 0.25) is 0 Å². The summed E-state index contributed by atoms with van der Waals surface area (Å²) in [7, 11) is -4.79. The van der Waals surface area contributed by atoms with Crippen LogP contribution in [0.4, 0.5) is 18.9 Å². The fourth-order valence-electron chi connectivity index (χ4n) is 4.46. The van der Waals surface area contributed by atoms with Crippen LogP contribution in [0.3, 0.4) is 0 Å². The molecule has 5 nitrogen and oxygen atoms in total. The third-order valence-corrected chi connectivity index (χ3v) is 9.16. The second-order valence-corrected chi connectivity index (χ2v) is 12.9. The number of anilines is 1. The van der Waals surface area contributed by atoms with Gasteiger partial charge in [-0.3, -0.25) is 4.72 Å². The van der Waals surface area contributed by atoms with Gasteiger partial charge in [0, 0.05) is 17.7 Å². The van der Waals surface area contributed by atoms with E-state index in [1.54, 1.807) is 19.2 Å². The average molecular weight is 638 g/mol. The Balaban J connectivity index is 2.21. The van der Waals surface area contributed by atoms with E-state index >= 15 is 4.39 Å². The van der Waals surface area contributed by atoms with Crippen molar-refractivity contribution in [3.63, 3.8) is 0 Å². The maximum absolute atomic E-state index is 16.1. The van der Waals surface area contributed by atoms with Crippen LogP contribution in [0.1, 0.15) is 82.0 Å². The summed E-state index contributed by atoms with van der Waals surface area (Å²) in [6.07, 6.45) is 10.8. The van der Waals surface area contributed by atoms with E-state index < -0.39 is 38.1 Å². The molecule has 0 aliphatic carbocycles. The molecule has 3 aromatic rings. The van der Waals surface area contributed by atoms with Gasteiger partial charge in [-0.2, -0.15) is 0 Å². The number of benzene rings is 2. The first kappa shape index (κ1) is 33.6. The largest absolute Gasteiger partial charge is 0.276 e. The lowest BCUT2D eigenvalue weighted by atomic mass is 9.99. The zero-order valence-electron chi connectivity index (χ0n) is 24.1. The van der Waals surface area contributed by atoms with Gasteiger partial charge in [-0.05, 0) is 62.1 Å². The first-order valence-electron chi connectivity index (χ1n) is 13.9. The molecule has 0 radical (unpaired) electrons. The van der Waals surface area contributed by atoms with Crippen molar-refractivity contribution in [3.8, 4) is 11.3 Å². The van der Waals surface area contributed by atoms with E-state index in [0.717, 1.165) is 67.3 Å². The highest BCUT2D eigenvalue weighted by Crippen LogP contribution is 2.41. The Labute approximate surface area is 255 Å². The Bertz CT molecular complexity index is 1550. The molecule has 1 N–H and O–H groups in total. The molecule has 0 fully saturated rings. The second kappa shape index (κ2) is 15.5. The maximum Gasteiger partial charge on any atom is 0.267 e. The van der Waals surface area contributed by atoms with Gasteiger partial charge >= 0.3 is 0 Å². The molecular formula is C31H35ClF3N3O2S2. The number of allylic oxidation sites excluding steroid dienone is 3. The first-order valence-corrected chi connectivity index (χ1v) is 16.5. The quantitative estimate of drug-likeness (QED) is 0.141. The molecule has 0 aliphatic rings. The highest BCUT2D eigenvalue weighted by Gasteiger charge is 2.27. The van der Waals surface area contributed by atoms with Crippen molar-refractivity contribution in [2.75, 3.05) is 4.72 Å². The zero-order chi connectivity index (χ0) is 30.9. The van der Waals surface area contributed by atoms with Gasteiger partial charge in [-0.1, -0.05) is 69.8 Å². The predicted octanol–water partition coefficient (Wildman–Crippen LogP) is 10.1. The highest BCUT2D eigenvalue weighted by atomic mass is 35.5. The number of halogens is 4. The lowest BCUT2D eigenvalue weighted by Crippen LogP contribution is -2.17. The van der Waals surface area contributed by atoms with Gasteiger partial charge in [0.05, 0.1) is 21.3 Å². The topological polar surface area (TPSA) is 71.4 Å². The summed E-state index contributed by atoms with van der Waals surface area (Å²) in [6, 6.07) is 6.88. The number of unbranched alkanes of at least 4 members (excludes halogenated alkanes) is 1. The lowest BCUT2D eigenvalue weighted by Gasteiger charge is -2.13. The molecule has 2 aromatic carbocycles. The lowest BCUT2D eigenvalue weighted by molar-refractivity contribution is 0.521. The third kappa shape index (κ3) is 8.33. The number of rotatable bonds is 14. The molecule has 11 heteroatoms. The van der Waals surface area contributed by atoms with E-state index in [2.05, 4.69) is 18.8 Å². The minimum absolute atomic E-state index is 0.0567. The van der Waals surface area contributed by atoms with Crippen molar-refractivity contribution in [1.82, 2.24) is 4.98 Å². The van der Waals surface area contributed by atoms with Crippen LogP contribution in [-0.2, 0) is 10.0 Å². The average Bonchev–Trinajstić information content (AvgIpc) is 3.36. The van der Waals surface area contributed by atoms with Crippen molar-refractivity contribution in [2.45, 2.75) is 77.0 Å². The number of sulfonamides is 1. The molecular weight excluding hydrogens is 603 g/mol. The molecule has 0 amide bonds. The van der Waals surface area contributed by atoms with E-state index in [-0.39, 0.29) is 11.5 Å².